The third-order valence-corrected chi connectivity index (χ3v) is 8.99. The number of carbonyl (C=O) groups excluding carboxylic acids is 2. The van der Waals surface area contributed by atoms with Crippen LogP contribution in [0.3, 0.4) is 0 Å². The van der Waals surface area contributed by atoms with Gasteiger partial charge in [0.05, 0.1) is 30.2 Å². The predicted octanol–water partition coefficient (Wildman–Crippen LogP) is 5.11. The van der Waals surface area contributed by atoms with Gasteiger partial charge in [0, 0.05) is 5.39 Å². The van der Waals surface area contributed by atoms with Crippen LogP contribution in [0.25, 0.3) is 16.8 Å². The highest BCUT2D eigenvalue weighted by Crippen LogP contribution is 2.51. The lowest BCUT2D eigenvalue weighted by Gasteiger charge is -2.43. The van der Waals surface area contributed by atoms with Crippen LogP contribution in [0.15, 0.2) is 83.4 Å². The molecule has 1 aliphatic carbocycles. The molecular weight excluding hydrogens is 517 g/mol. The number of aliphatic hydroxyl groups is 1. The van der Waals surface area contributed by atoms with Gasteiger partial charge in [-0.15, -0.1) is 0 Å². The van der Waals surface area contributed by atoms with Crippen molar-refractivity contribution in [1.29, 1.82) is 0 Å². The number of amides is 2. The van der Waals surface area contributed by atoms with Gasteiger partial charge in [0.25, 0.3) is 0 Å². The smallest absolute Gasteiger partial charge is 0.455 e. The van der Waals surface area contributed by atoms with Crippen molar-refractivity contribution in [2.45, 2.75) is 45.0 Å². The van der Waals surface area contributed by atoms with Crippen molar-refractivity contribution in [3.63, 3.8) is 0 Å². The average molecular weight is 551 g/mol. The Balaban J connectivity index is 1.28. The quantitative estimate of drug-likeness (QED) is 0.214. The van der Waals surface area contributed by atoms with Crippen molar-refractivity contribution in [2.75, 3.05) is 11.5 Å². The molecule has 0 spiro atoms. The van der Waals surface area contributed by atoms with Gasteiger partial charge in [-0.25, -0.2) is 0 Å². The first kappa shape index (κ1) is 27.5. The van der Waals surface area contributed by atoms with Crippen molar-refractivity contribution in [3.05, 3.63) is 89.0 Å². The summed E-state index contributed by atoms with van der Waals surface area (Å²) in [6.07, 6.45) is 4.28. The first-order chi connectivity index (χ1) is 19.9. The van der Waals surface area contributed by atoms with E-state index in [0.717, 1.165) is 33.9 Å². The number of allylic oxidation sites excluding steroid dienone is 1. The molecule has 0 radical (unpaired) electrons. The minimum Gasteiger partial charge on any atom is -0.507 e. The summed E-state index contributed by atoms with van der Waals surface area (Å²) >= 11 is 0. The summed E-state index contributed by atoms with van der Waals surface area (Å²) in [6.45, 7) is 1.88. The van der Waals surface area contributed by atoms with Crippen LogP contribution in [0.5, 0.6) is 5.75 Å². The number of anilines is 1. The predicted molar refractivity (Wildman–Crippen MR) is 159 cm³/mol. The van der Waals surface area contributed by atoms with Crippen LogP contribution < -0.4 is 4.90 Å². The Hall–Kier alpha value is -3.72. The first-order valence-corrected chi connectivity index (χ1v) is 14.4. The number of hydrogen-bond acceptors (Lipinski definition) is 6. The fraction of sp³-hybridized carbons (Fsp3) is 0.333. The van der Waals surface area contributed by atoms with Gasteiger partial charge in [-0.2, -0.15) is 0 Å². The van der Waals surface area contributed by atoms with E-state index in [0.29, 0.717) is 24.9 Å². The summed E-state index contributed by atoms with van der Waals surface area (Å²) in [4.78, 5) is 28.5. The topological polar surface area (TPSA) is 107 Å². The molecule has 3 aromatic rings. The fourth-order valence-corrected chi connectivity index (χ4v) is 7.06. The van der Waals surface area contributed by atoms with Gasteiger partial charge in [-0.05, 0) is 78.2 Å². The Labute approximate surface area is 239 Å². The molecule has 210 valence electrons. The zero-order valence-electron chi connectivity index (χ0n) is 23.1. The monoisotopic (exact) mass is 551 g/mol. The van der Waals surface area contributed by atoms with Crippen LogP contribution in [0.4, 0.5) is 5.69 Å². The summed E-state index contributed by atoms with van der Waals surface area (Å²) in [5.41, 5.74) is 4.37. The summed E-state index contributed by atoms with van der Waals surface area (Å²) in [7, 11) is -1.06. The molecule has 3 aliphatic rings. The normalized spacial score (nSPS) is 24.7. The van der Waals surface area contributed by atoms with Crippen LogP contribution in [0.2, 0.25) is 6.32 Å². The molecule has 3 aromatic carbocycles. The molecule has 2 saturated heterocycles. The van der Waals surface area contributed by atoms with E-state index in [1.807, 2.05) is 36.4 Å². The molecule has 2 heterocycles. The highest BCUT2D eigenvalue weighted by Gasteiger charge is 2.57. The lowest BCUT2D eigenvalue weighted by atomic mass is 9.58. The minimum absolute atomic E-state index is 0.214. The number of rotatable bonds is 7. The maximum absolute atomic E-state index is 13.7. The van der Waals surface area contributed by atoms with E-state index in [1.54, 1.807) is 30.3 Å². The molecule has 8 heteroatoms. The molecule has 7 nitrogen and oxygen atoms in total. The zero-order valence-corrected chi connectivity index (χ0v) is 23.1. The standard InChI is InChI=1S/C33H34BNO6/c1-2-20(16-21-13-14-28(37)25-11-7-6-10-24(21)25)12-15-29-30-22(19-36)17-26-31(27(30)18-34(40)41-29)33(39)35(32(26)38)23-8-4-3-5-9-23/h3-11,13-14,16,26-27,29,31,36-37,40H,2,12,15,17-19H2,1H3/b20-16+/t26-,27+,29-,31-/m1/s1. The lowest BCUT2D eigenvalue weighted by Crippen LogP contribution is -2.46. The lowest BCUT2D eigenvalue weighted by molar-refractivity contribution is -0.122. The van der Waals surface area contributed by atoms with Gasteiger partial charge in [0.1, 0.15) is 5.75 Å². The van der Waals surface area contributed by atoms with Gasteiger partial charge in [0.2, 0.25) is 11.8 Å². The van der Waals surface area contributed by atoms with E-state index >= 15 is 0 Å². The van der Waals surface area contributed by atoms with Gasteiger partial charge in [0.15, 0.2) is 0 Å². The van der Waals surface area contributed by atoms with Crippen molar-refractivity contribution in [2.24, 2.45) is 17.8 Å². The SMILES string of the molecule is CC/C(=C\c1ccc(O)c2ccccc12)CC[C@H]1OB(O)C[C@H]2C1=C(CO)C[C@H]1C(=O)N(c3ccccc3)C(=O)[C@H]12. The van der Waals surface area contributed by atoms with E-state index in [1.165, 1.54) is 10.5 Å². The van der Waals surface area contributed by atoms with Gasteiger partial charge >= 0.3 is 7.12 Å². The number of aliphatic hydroxyl groups excluding tert-OH is 1. The maximum atomic E-state index is 13.7. The molecular formula is C33H34BNO6. The number of nitrogens with zero attached hydrogens (tertiary/aromatic N) is 1. The summed E-state index contributed by atoms with van der Waals surface area (Å²) < 4.78 is 6.06. The average Bonchev–Trinajstić information content (AvgIpc) is 3.25. The summed E-state index contributed by atoms with van der Waals surface area (Å²) in [5, 5.41) is 33.2. The molecule has 0 aromatic heterocycles. The number of carbonyl (C=O) groups is 2. The highest BCUT2D eigenvalue weighted by atomic mass is 16.5. The van der Waals surface area contributed by atoms with Crippen LogP contribution in [0, 0.1) is 17.8 Å². The molecule has 41 heavy (non-hydrogen) atoms. The molecule has 0 unspecified atom stereocenters. The highest BCUT2D eigenvalue weighted by molar-refractivity contribution is 6.43. The fourth-order valence-electron chi connectivity index (χ4n) is 7.06. The van der Waals surface area contributed by atoms with Crippen molar-refractivity contribution in [3.8, 4) is 5.75 Å². The van der Waals surface area contributed by atoms with Crippen molar-refractivity contribution in [1.82, 2.24) is 0 Å². The zero-order chi connectivity index (χ0) is 28.7. The second kappa shape index (κ2) is 11.3. The Kier molecular flexibility index (Phi) is 7.55. The second-order valence-corrected chi connectivity index (χ2v) is 11.2. The van der Waals surface area contributed by atoms with E-state index in [9.17, 15) is 24.8 Å². The third-order valence-electron chi connectivity index (χ3n) is 8.99. The summed E-state index contributed by atoms with van der Waals surface area (Å²) in [5.74, 6) is -1.75. The molecule has 2 amide bonds. The number of benzene rings is 3. The molecule has 0 saturated carbocycles. The van der Waals surface area contributed by atoms with Crippen molar-refractivity contribution >= 4 is 41.5 Å². The summed E-state index contributed by atoms with van der Waals surface area (Å²) in [6, 6.07) is 20.3. The molecule has 6 rings (SSSR count). The van der Waals surface area contributed by atoms with E-state index in [2.05, 4.69) is 13.0 Å². The number of aromatic hydroxyl groups is 1. The Morgan fingerprint density at radius 3 is 2.46 bits per heavy atom. The van der Waals surface area contributed by atoms with Crippen LogP contribution >= 0.6 is 0 Å². The number of fused-ring (bicyclic) bond motifs is 4. The molecule has 3 N–H and O–H groups in total. The Morgan fingerprint density at radius 2 is 1.73 bits per heavy atom. The van der Waals surface area contributed by atoms with Gasteiger partial charge in [-0.3, -0.25) is 14.5 Å². The Morgan fingerprint density at radius 1 is 1.00 bits per heavy atom. The van der Waals surface area contributed by atoms with E-state index in [4.69, 9.17) is 4.65 Å². The number of para-hydroxylation sites is 1. The molecule has 2 fully saturated rings. The van der Waals surface area contributed by atoms with Crippen LogP contribution in [-0.4, -0.2) is 46.9 Å². The number of hydrogen-bond donors (Lipinski definition) is 3. The number of phenols is 1. The molecule has 2 aliphatic heterocycles. The molecule has 0 bridgehead atoms. The minimum atomic E-state index is -1.06. The van der Waals surface area contributed by atoms with E-state index in [-0.39, 0.29) is 36.4 Å². The van der Waals surface area contributed by atoms with Gasteiger partial charge in [-0.1, -0.05) is 67.1 Å². The molecule has 4 atom stereocenters. The van der Waals surface area contributed by atoms with Crippen molar-refractivity contribution < 1.29 is 29.5 Å². The number of imide groups is 1. The van der Waals surface area contributed by atoms with Gasteiger partial charge < -0.3 is 19.9 Å². The van der Waals surface area contributed by atoms with Crippen LogP contribution in [0.1, 0.15) is 38.2 Å². The largest absolute Gasteiger partial charge is 0.507 e. The first-order valence-electron chi connectivity index (χ1n) is 14.4. The third kappa shape index (κ3) is 4.90. The van der Waals surface area contributed by atoms with E-state index < -0.39 is 25.1 Å². The second-order valence-electron chi connectivity index (χ2n) is 11.2. The van der Waals surface area contributed by atoms with Crippen LogP contribution in [-0.2, 0) is 14.2 Å². The number of phenolic OH excluding ortho intramolecular Hbond substituents is 1. The maximum Gasteiger partial charge on any atom is 0.455 e. The Bertz CT molecular complexity index is 1550.